The molecule has 4 heteroatoms. The van der Waals surface area contributed by atoms with E-state index in [9.17, 15) is 0 Å². The molecule has 2 aromatic heterocycles. The molecule has 3 aromatic rings. The monoisotopic (exact) mass is 311 g/mol. The van der Waals surface area contributed by atoms with Crippen LogP contribution in [0.2, 0.25) is 0 Å². The van der Waals surface area contributed by atoms with Crippen LogP contribution in [0.5, 0.6) is 0 Å². The molecule has 0 N–H and O–H groups in total. The second-order valence-electron chi connectivity index (χ2n) is 5.65. The van der Waals surface area contributed by atoms with E-state index in [4.69, 9.17) is 0 Å². The molecule has 3 nitrogen and oxygen atoms in total. The van der Waals surface area contributed by atoms with Crippen molar-refractivity contribution >= 4 is 11.3 Å². The highest BCUT2D eigenvalue weighted by Crippen LogP contribution is 2.24. The largest absolute Gasteiger partial charge is 0.248 e. The van der Waals surface area contributed by atoms with E-state index in [1.807, 2.05) is 22.1 Å². The van der Waals surface area contributed by atoms with Gasteiger partial charge in [0, 0.05) is 21.9 Å². The van der Waals surface area contributed by atoms with Crippen molar-refractivity contribution in [2.45, 2.75) is 39.2 Å². The van der Waals surface area contributed by atoms with Crippen LogP contribution < -0.4 is 0 Å². The van der Waals surface area contributed by atoms with Crippen LogP contribution in [0.3, 0.4) is 0 Å². The Morgan fingerprint density at radius 1 is 1.09 bits per heavy atom. The van der Waals surface area contributed by atoms with Gasteiger partial charge < -0.3 is 0 Å². The van der Waals surface area contributed by atoms with Crippen molar-refractivity contribution in [2.24, 2.45) is 0 Å². The number of aryl methyl sites for hydroxylation is 1. The van der Waals surface area contributed by atoms with Crippen molar-refractivity contribution in [3.05, 3.63) is 69.7 Å². The third kappa shape index (κ3) is 3.63. The summed E-state index contributed by atoms with van der Waals surface area (Å²) in [5.74, 6) is 0.396. The molecule has 0 bridgehead atoms. The summed E-state index contributed by atoms with van der Waals surface area (Å²) in [6, 6.07) is 14.8. The van der Waals surface area contributed by atoms with Crippen LogP contribution in [-0.2, 0) is 19.4 Å². The number of benzene rings is 1. The predicted octanol–water partition coefficient (Wildman–Crippen LogP) is 4.30. The number of nitrogens with zero attached hydrogens (tertiary/aromatic N) is 3. The van der Waals surface area contributed by atoms with Crippen molar-refractivity contribution in [1.29, 1.82) is 0 Å². The average molecular weight is 311 g/mol. The third-order valence-corrected chi connectivity index (χ3v) is 5.07. The van der Waals surface area contributed by atoms with Gasteiger partial charge in [-0.1, -0.05) is 49.4 Å². The van der Waals surface area contributed by atoms with Crippen molar-refractivity contribution in [3.8, 4) is 0 Å². The molecule has 0 spiro atoms. The van der Waals surface area contributed by atoms with Gasteiger partial charge in [-0.25, -0.2) is 4.68 Å². The minimum absolute atomic E-state index is 0.396. The molecule has 1 atom stereocenters. The summed E-state index contributed by atoms with van der Waals surface area (Å²) >= 11 is 1.91. The molecule has 0 saturated heterocycles. The quantitative estimate of drug-likeness (QED) is 0.679. The lowest BCUT2D eigenvalue weighted by molar-refractivity contribution is 0.648. The summed E-state index contributed by atoms with van der Waals surface area (Å²) in [5.41, 5.74) is 2.32. The van der Waals surface area contributed by atoms with Gasteiger partial charge in [-0.05, 0) is 30.5 Å². The number of rotatable bonds is 6. The van der Waals surface area contributed by atoms with Crippen molar-refractivity contribution in [1.82, 2.24) is 15.0 Å². The topological polar surface area (TPSA) is 30.7 Å². The zero-order valence-electron chi connectivity index (χ0n) is 13.1. The van der Waals surface area contributed by atoms with Crippen LogP contribution >= 0.6 is 11.3 Å². The summed E-state index contributed by atoms with van der Waals surface area (Å²) in [6.45, 7) is 5.20. The molecule has 3 rings (SSSR count). The van der Waals surface area contributed by atoms with Gasteiger partial charge in [0.1, 0.15) is 0 Å². The van der Waals surface area contributed by atoms with Gasteiger partial charge >= 0.3 is 0 Å². The van der Waals surface area contributed by atoms with Crippen LogP contribution in [-0.4, -0.2) is 15.0 Å². The van der Waals surface area contributed by atoms with Gasteiger partial charge in [0.05, 0.1) is 12.2 Å². The second-order valence-corrected chi connectivity index (χ2v) is 6.91. The van der Waals surface area contributed by atoms with E-state index < -0.39 is 0 Å². The summed E-state index contributed by atoms with van der Waals surface area (Å²) in [6.07, 6.45) is 4.23. The Hall–Kier alpha value is -1.94. The third-order valence-electron chi connectivity index (χ3n) is 3.82. The van der Waals surface area contributed by atoms with Gasteiger partial charge in [-0.2, -0.15) is 0 Å². The Kier molecular flexibility index (Phi) is 4.68. The molecule has 22 heavy (non-hydrogen) atoms. The number of aromatic nitrogens is 3. The standard InChI is InChI=1S/C18H21N3S/c1-3-16-9-10-17(22-16)11-14(2)18-13-21(20-19-18)12-15-7-5-4-6-8-15/h4-10,13-14H,3,11-12H2,1-2H3. The van der Waals surface area contributed by atoms with Gasteiger partial charge in [-0.3, -0.25) is 0 Å². The van der Waals surface area contributed by atoms with E-state index in [1.165, 1.54) is 15.3 Å². The van der Waals surface area contributed by atoms with E-state index in [0.717, 1.165) is 25.1 Å². The van der Waals surface area contributed by atoms with E-state index >= 15 is 0 Å². The first-order valence-corrected chi connectivity index (χ1v) is 8.57. The average Bonchev–Trinajstić information content (AvgIpc) is 3.17. The van der Waals surface area contributed by atoms with E-state index in [0.29, 0.717) is 5.92 Å². The van der Waals surface area contributed by atoms with Gasteiger partial charge in [0.15, 0.2) is 0 Å². The Morgan fingerprint density at radius 2 is 1.86 bits per heavy atom. The Bertz CT molecular complexity index is 715. The minimum Gasteiger partial charge on any atom is -0.248 e. The SMILES string of the molecule is CCc1ccc(CC(C)c2cn(Cc3ccccc3)nn2)s1. The highest BCUT2D eigenvalue weighted by atomic mass is 32.1. The fourth-order valence-corrected chi connectivity index (χ4v) is 3.60. The van der Waals surface area contributed by atoms with Crippen molar-refractivity contribution < 1.29 is 0 Å². The lowest BCUT2D eigenvalue weighted by atomic mass is 10.0. The molecular weight excluding hydrogens is 290 g/mol. The van der Waals surface area contributed by atoms with Crippen LogP contribution in [0.15, 0.2) is 48.7 Å². The van der Waals surface area contributed by atoms with Gasteiger partial charge in [0.2, 0.25) is 0 Å². The van der Waals surface area contributed by atoms with Crippen molar-refractivity contribution in [2.75, 3.05) is 0 Å². The molecule has 0 fully saturated rings. The zero-order chi connectivity index (χ0) is 15.4. The molecule has 0 saturated carbocycles. The highest BCUT2D eigenvalue weighted by Gasteiger charge is 2.12. The molecule has 0 amide bonds. The first-order chi connectivity index (χ1) is 10.7. The lowest BCUT2D eigenvalue weighted by Crippen LogP contribution is -2.00. The Balaban J connectivity index is 1.65. The summed E-state index contributed by atoms with van der Waals surface area (Å²) in [5, 5.41) is 8.62. The van der Waals surface area contributed by atoms with Gasteiger partial charge in [-0.15, -0.1) is 16.4 Å². The van der Waals surface area contributed by atoms with E-state index in [-0.39, 0.29) is 0 Å². The smallest absolute Gasteiger partial charge is 0.0858 e. The van der Waals surface area contributed by atoms with Crippen molar-refractivity contribution in [3.63, 3.8) is 0 Å². The second kappa shape index (κ2) is 6.88. The van der Waals surface area contributed by atoms with E-state index in [1.54, 1.807) is 0 Å². The highest BCUT2D eigenvalue weighted by molar-refractivity contribution is 7.11. The number of hydrogen-bond donors (Lipinski definition) is 0. The molecule has 1 unspecified atom stereocenters. The Labute approximate surface area is 135 Å². The summed E-state index contributed by atoms with van der Waals surface area (Å²) in [4.78, 5) is 2.89. The minimum atomic E-state index is 0.396. The first kappa shape index (κ1) is 15.0. The maximum Gasteiger partial charge on any atom is 0.0858 e. The van der Waals surface area contributed by atoms with Crippen LogP contribution in [0, 0.1) is 0 Å². The summed E-state index contributed by atoms with van der Waals surface area (Å²) < 4.78 is 1.92. The fourth-order valence-electron chi connectivity index (χ4n) is 2.52. The molecule has 0 aliphatic rings. The lowest BCUT2D eigenvalue weighted by Gasteiger charge is -2.05. The fraction of sp³-hybridized carbons (Fsp3) is 0.333. The van der Waals surface area contributed by atoms with E-state index in [2.05, 4.69) is 66.8 Å². The number of hydrogen-bond acceptors (Lipinski definition) is 3. The maximum atomic E-state index is 4.35. The predicted molar refractivity (Wildman–Crippen MR) is 91.4 cm³/mol. The summed E-state index contributed by atoms with van der Waals surface area (Å²) in [7, 11) is 0. The van der Waals surface area contributed by atoms with Crippen LogP contribution in [0.1, 0.15) is 40.8 Å². The molecule has 0 radical (unpaired) electrons. The normalized spacial score (nSPS) is 12.5. The molecule has 0 aliphatic carbocycles. The molecule has 114 valence electrons. The van der Waals surface area contributed by atoms with Crippen LogP contribution in [0.25, 0.3) is 0 Å². The Morgan fingerprint density at radius 3 is 2.59 bits per heavy atom. The number of thiophene rings is 1. The molecule has 1 aromatic carbocycles. The zero-order valence-corrected chi connectivity index (χ0v) is 13.9. The molecule has 2 heterocycles. The van der Waals surface area contributed by atoms with Crippen LogP contribution in [0.4, 0.5) is 0 Å². The maximum absolute atomic E-state index is 4.35. The molecular formula is C18H21N3S. The molecule has 0 aliphatic heterocycles. The first-order valence-electron chi connectivity index (χ1n) is 7.76. The van der Waals surface area contributed by atoms with Gasteiger partial charge in [0.25, 0.3) is 0 Å².